The molecule has 0 amide bonds. The molecule has 1 N–H and O–H groups in total. The minimum absolute atomic E-state index is 0.164. The molecule has 5 nitrogen and oxygen atoms in total. The van der Waals surface area contributed by atoms with Crippen LogP contribution in [0.3, 0.4) is 0 Å². The van der Waals surface area contributed by atoms with E-state index in [0.29, 0.717) is 17.1 Å². The molecular weight excluding hydrogens is 246 g/mol. The van der Waals surface area contributed by atoms with Crippen molar-refractivity contribution in [2.24, 2.45) is 0 Å². The van der Waals surface area contributed by atoms with Gasteiger partial charge in [-0.2, -0.15) is 0 Å². The van der Waals surface area contributed by atoms with Crippen LogP contribution in [0.1, 0.15) is 10.4 Å². The van der Waals surface area contributed by atoms with Gasteiger partial charge in [-0.1, -0.05) is 0 Å². The maximum absolute atomic E-state index is 11.1. The number of methoxy groups -OCH3 is 2. The largest absolute Gasteiger partial charge is 0.497 e. The van der Waals surface area contributed by atoms with E-state index in [1.54, 1.807) is 37.7 Å². The Labute approximate surface area is 110 Å². The highest BCUT2D eigenvalue weighted by Gasteiger charge is 2.09. The lowest BCUT2D eigenvalue weighted by Gasteiger charge is -2.08. The number of hydrogen-bond acceptors (Lipinski definition) is 4. The first kappa shape index (κ1) is 12.9. The normalized spacial score (nSPS) is 10.0. The molecule has 2 rings (SSSR count). The summed E-state index contributed by atoms with van der Waals surface area (Å²) < 4.78 is 10.2. The molecule has 0 aliphatic rings. The second-order valence-corrected chi connectivity index (χ2v) is 3.87. The van der Waals surface area contributed by atoms with E-state index in [9.17, 15) is 4.79 Å². The Hall–Kier alpha value is -2.56. The first-order valence-electron chi connectivity index (χ1n) is 5.56. The third-order valence-corrected chi connectivity index (χ3v) is 2.67. The topological polar surface area (TPSA) is 68.7 Å². The third-order valence-electron chi connectivity index (χ3n) is 2.67. The number of carboxylic acids is 1. The molecule has 98 valence electrons. The van der Waals surface area contributed by atoms with Gasteiger partial charge < -0.3 is 14.6 Å². The molecule has 19 heavy (non-hydrogen) atoms. The number of benzene rings is 1. The second-order valence-electron chi connectivity index (χ2n) is 3.87. The fourth-order valence-electron chi connectivity index (χ4n) is 1.70. The van der Waals surface area contributed by atoms with Gasteiger partial charge in [-0.3, -0.25) is 4.98 Å². The molecule has 0 fully saturated rings. The first-order valence-corrected chi connectivity index (χ1v) is 5.56. The summed E-state index contributed by atoms with van der Waals surface area (Å²) in [6.45, 7) is 0. The van der Waals surface area contributed by atoms with E-state index in [4.69, 9.17) is 14.6 Å². The van der Waals surface area contributed by atoms with E-state index in [0.717, 1.165) is 5.56 Å². The van der Waals surface area contributed by atoms with Crippen LogP contribution in [0.4, 0.5) is 0 Å². The van der Waals surface area contributed by atoms with Crippen molar-refractivity contribution in [2.75, 3.05) is 14.2 Å². The molecule has 0 atom stereocenters. The summed E-state index contributed by atoms with van der Waals surface area (Å²) in [4.78, 5) is 15.1. The molecule has 5 heteroatoms. The number of nitrogens with zero attached hydrogens (tertiary/aromatic N) is 1. The lowest BCUT2D eigenvalue weighted by Crippen LogP contribution is -1.98. The van der Waals surface area contributed by atoms with Gasteiger partial charge in [0, 0.05) is 11.8 Å². The molecule has 0 aliphatic heterocycles. The van der Waals surface area contributed by atoms with E-state index in [1.165, 1.54) is 13.2 Å². The minimum atomic E-state index is -1.00. The molecule has 0 saturated carbocycles. The van der Waals surface area contributed by atoms with Crippen molar-refractivity contribution < 1.29 is 19.4 Å². The van der Waals surface area contributed by atoms with Crippen molar-refractivity contribution in [3.63, 3.8) is 0 Å². The highest BCUT2D eigenvalue weighted by molar-refractivity contribution is 5.90. The van der Waals surface area contributed by atoms with E-state index in [-0.39, 0.29) is 5.56 Å². The highest BCUT2D eigenvalue weighted by atomic mass is 16.5. The Morgan fingerprint density at radius 3 is 2.32 bits per heavy atom. The van der Waals surface area contributed by atoms with Crippen LogP contribution in [0, 0.1) is 0 Å². The van der Waals surface area contributed by atoms with Gasteiger partial charge in [0.1, 0.15) is 11.5 Å². The first-order chi connectivity index (χ1) is 9.13. The van der Waals surface area contributed by atoms with E-state index >= 15 is 0 Å². The summed E-state index contributed by atoms with van der Waals surface area (Å²) >= 11 is 0. The van der Waals surface area contributed by atoms with Gasteiger partial charge in [0.05, 0.1) is 26.0 Å². The number of ether oxygens (including phenoxy) is 2. The maximum Gasteiger partial charge on any atom is 0.335 e. The van der Waals surface area contributed by atoms with Gasteiger partial charge in [0.2, 0.25) is 0 Å². The molecule has 0 unspecified atom stereocenters. The summed E-state index contributed by atoms with van der Waals surface area (Å²) in [6.07, 6.45) is 3.23. The van der Waals surface area contributed by atoms with Crippen LogP contribution in [-0.2, 0) is 0 Å². The number of rotatable bonds is 4. The average molecular weight is 259 g/mol. The number of carbonyl (C=O) groups is 1. The summed E-state index contributed by atoms with van der Waals surface area (Å²) in [6, 6.07) is 6.58. The Morgan fingerprint density at radius 2 is 1.68 bits per heavy atom. The van der Waals surface area contributed by atoms with Crippen molar-refractivity contribution in [1.29, 1.82) is 0 Å². The number of aromatic nitrogens is 1. The van der Waals surface area contributed by atoms with E-state index < -0.39 is 5.97 Å². The lowest BCUT2D eigenvalue weighted by atomic mass is 10.0. The SMILES string of the molecule is COc1cncc(-c2cc(OC)cc(C(=O)O)c2)c1. The maximum atomic E-state index is 11.1. The van der Waals surface area contributed by atoms with Crippen molar-refractivity contribution in [3.05, 3.63) is 42.2 Å². The smallest absolute Gasteiger partial charge is 0.335 e. The number of hydrogen-bond donors (Lipinski definition) is 1. The van der Waals surface area contributed by atoms with Crippen LogP contribution < -0.4 is 9.47 Å². The predicted molar refractivity (Wildman–Crippen MR) is 69.7 cm³/mol. The molecule has 2 aromatic rings. The fraction of sp³-hybridized carbons (Fsp3) is 0.143. The molecule has 0 aliphatic carbocycles. The second kappa shape index (κ2) is 5.39. The molecule has 0 bridgehead atoms. The summed E-state index contributed by atoms with van der Waals surface area (Å²) in [5.74, 6) is 0.0888. The van der Waals surface area contributed by atoms with Crippen LogP contribution in [0.15, 0.2) is 36.7 Å². The highest BCUT2D eigenvalue weighted by Crippen LogP contribution is 2.27. The minimum Gasteiger partial charge on any atom is -0.497 e. The van der Waals surface area contributed by atoms with E-state index in [2.05, 4.69) is 4.98 Å². The molecule has 0 spiro atoms. The van der Waals surface area contributed by atoms with Crippen molar-refractivity contribution >= 4 is 5.97 Å². The predicted octanol–water partition coefficient (Wildman–Crippen LogP) is 2.46. The van der Waals surface area contributed by atoms with Crippen molar-refractivity contribution in [1.82, 2.24) is 4.98 Å². The van der Waals surface area contributed by atoms with Gasteiger partial charge in [-0.05, 0) is 29.8 Å². The molecular formula is C14H13NO4. The zero-order valence-corrected chi connectivity index (χ0v) is 10.6. The number of pyridine rings is 1. The van der Waals surface area contributed by atoms with Crippen LogP contribution >= 0.6 is 0 Å². The Morgan fingerprint density at radius 1 is 1.00 bits per heavy atom. The van der Waals surface area contributed by atoms with Crippen LogP contribution in [-0.4, -0.2) is 30.3 Å². The third kappa shape index (κ3) is 2.82. The number of aromatic carboxylic acids is 1. The van der Waals surface area contributed by atoms with Crippen LogP contribution in [0.5, 0.6) is 11.5 Å². The quantitative estimate of drug-likeness (QED) is 0.913. The molecule has 1 heterocycles. The van der Waals surface area contributed by atoms with Crippen molar-refractivity contribution in [3.8, 4) is 22.6 Å². The average Bonchev–Trinajstić information content (AvgIpc) is 2.46. The Bertz CT molecular complexity index is 610. The summed E-state index contributed by atoms with van der Waals surface area (Å²) in [5, 5.41) is 9.08. The lowest BCUT2D eigenvalue weighted by molar-refractivity contribution is 0.0696. The zero-order valence-electron chi connectivity index (χ0n) is 10.6. The summed E-state index contributed by atoms with van der Waals surface area (Å²) in [7, 11) is 3.05. The standard InChI is InChI=1S/C14H13NO4/c1-18-12-4-9(3-10(5-12)14(16)17)11-6-13(19-2)8-15-7-11/h3-8H,1-2H3,(H,16,17). The van der Waals surface area contributed by atoms with Crippen molar-refractivity contribution in [2.45, 2.75) is 0 Å². The van der Waals surface area contributed by atoms with Gasteiger partial charge in [-0.25, -0.2) is 4.79 Å². The fourth-order valence-corrected chi connectivity index (χ4v) is 1.70. The molecule has 0 saturated heterocycles. The number of carboxylic acid groups (broad SMARTS) is 1. The van der Waals surface area contributed by atoms with Crippen LogP contribution in [0.25, 0.3) is 11.1 Å². The van der Waals surface area contributed by atoms with Gasteiger partial charge in [-0.15, -0.1) is 0 Å². The van der Waals surface area contributed by atoms with E-state index in [1.807, 2.05) is 0 Å². The van der Waals surface area contributed by atoms with Gasteiger partial charge >= 0.3 is 5.97 Å². The Kier molecular flexibility index (Phi) is 3.66. The van der Waals surface area contributed by atoms with Crippen LogP contribution in [0.2, 0.25) is 0 Å². The Balaban J connectivity index is 2.53. The van der Waals surface area contributed by atoms with Gasteiger partial charge in [0.25, 0.3) is 0 Å². The molecule has 0 radical (unpaired) electrons. The molecule has 1 aromatic carbocycles. The summed E-state index contributed by atoms with van der Waals surface area (Å²) in [5.41, 5.74) is 1.64. The van der Waals surface area contributed by atoms with Gasteiger partial charge in [0.15, 0.2) is 0 Å². The monoisotopic (exact) mass is 259 g/mol. The zero-order chi connectivity index (χ0) is 13.8. The molecule has 1 aromatic heterocycles.